The fraction of sp³-hybridized carbons (Fsp3) is 0.286. The summed E-state index contributed by atoms with van der Waals surface area (Å²) in [5.74, 6) is -0.112. The van der Waals surface area contributed by atoms with Crippen LogP contribution in [0.5, 0.6) is 0 Å². The molecule has 0 spiro atoms. The van der Waals surface area contributed by atoms with Gasteiger partial charge in [0.2, 0.25) is 5.82 Å². The highest BCUT2D eigenvalue weighted by Crippen LogP contribution is 2.32. The molecule has 1 amide bonds. The Morgan fingerprint density at radius 2 is 1.80 bits per heavy atom. The lowest BCUT2D eigenvalue weighted by Gasteiger charge is -2.19. The summed E-state index contributed by atoms with van der Waals surface area (Å²) in [6.07, 6.45) is -3.17. The minimum Gasteiger partial charge on any atom is -0.335 e. The van der Waals surface area contributed by atoms with E-state index < -0.39 is 17.6 Å². The molecule has 0 aliphatic heterocycles. The number of halogens is 4. The van der Waals surface area contributed by atoms with Crippen LogP contribution in [0.3, 0.4) is 0 Å². The van der Waals surface area contributed by atoms with Crippen molar-refractivity contribution < 1.29 is 18.0 Å². The summed E-state index contributed by atoms with van der Waals surface area (Å²) in [4.78, 5) is 18.4. The van der Waals surface area contributed by atoms with Crippen molar-refractivity contribution in [2.24, 2.45) is 0 Å². The summed E-state index contributed by atoms with van der Waals surface area (Å²) in [5.41, 5.74) is -0.190. The molecule has 0 aliphatic carbocycles. The molecule has 0 fully saturated rings. The van der Waals surface area contributed by atoms with Crippen molar-refractivity contribution >= 4 is 17.5 Å². The molecule has 0 aliphatic rings. The first-order valence-corrected chi connectivity index (χ1v) is 9.71. The van der Waals surface area contributed by atoms with Crippen LogP contribution in [0.4, 0.5) is 13.2 Å². The van der Waals surface area contributed by atoms with E-state index in [0.29, 0.717) is 23.0 Å². The van der Waals surface area contributed by atoms with Crippen molar-refractivity contribution in [2.45, 2.75) is 32.5 Å². The molecular formula is C21H20ClF3N4O. The fourth-order valence-corrected chi connectivity index (χ4v) is 3.29. The Balaban J connectivity index is 1.91. The van der Waals surface area contributed by atoms with E-state index in [9.17, 15) is 18.0 Å². The van der Waals surface area contributed by atoms with Gasteiger partial charge >= 0.3 is 6.18 Å². The van der Waals surface area contributed by atoms with Crippen molar-refractivity contribution in [1.29, 1.82) is 0 Å². The molecule has 2 aromatic carbocycles. The Labute approximate surface area is 177 Å². The molecule has 158 valence electrons. The topological polar surface area (TPSA) is 51.0 Å². The maximum absolute atomic E-state index is 13.2. The summed E-state index contributed by atoms with van der Waals surface area (Å²) >= 11 is 6.26. The lowest BCUT2D eigenvalue weighted by molar-refractivity contribution is -0.138. The van der Waals surface area contributed by atoms with Crippen molar-refractivity contribution in [3.8, 4) is 5.69 Å². The first-order chi connectivity index (χ1) is 14.2. The lowest BCUT2D eigenvalue weighted by Crippen LogP contribution is -2.28. The monoisotopic (exact) mass is 436 g/mol. The predicted octanol–water partition coefficient (Wildman–Crippen LogP) is 5.16. The minimum absolute atomic E-state index is 0.000156. The van der Waals surface area contributed by atoms with Gasteiger partial charge < -0.3 is 4.90 Å². The smallest absolute Gasteiger partial charge is 0.335 e. The van der Waals surface area contributed by atoms with E-state index in [0.717, 1.165) is 12.5 Å². The zero-order valence-corrected chi connectivity index (χ0v) is 17.2. The summed E-state index contributed by atoms with van der Waals surface area (Å²) in [5, 5.41) is 4.75. The molecule has 1 aromatic heterocycles. The molecule has 9 heteroatoms. The number of para-hydroxylation sites is 1. The van der Waals surface area contributed by atoms with Crippen LogP contribution in [0.25, 0.3) is 5.69 Å². The van der Waals surface area contributed by atoms with Crippen LogP contribution in [0.2, 0.25) is 5.02 Å². The zero-order valence-electron chi connectivity index (χ0n) is 16.4. The number of alkyl halides is 3. The SMILES string of the molecule is CCCc1nc(C(=O)N(C)Cc2ccccc2C(F)(F)F)nn1-c1ccccc1Cl. The Hall–Kier alpha value is -2.87. The van der Waals surface area contributed by atoms with E-state index in [-0.39, 0.29) is 17.9 Å². The average molecular weight is 437 g/mol. The Morgan fingerprint density at radius 1 is 1.13 bits per heavy atom. The quantitative estimate of drug-likeness (QED) is 0.536. The van der Waals surface area contributed by atoms with Crippen LogP contribution in [0.1, 0.15) is 40.9 Å². The zero-order chi connectivity index (χ0) is 21.9. The van der Waals surface area contributed by atoms with Crippen molar-refractivity contribution in [3.05, 3.63) is 76.3 Å². The maximum Gasteiger partial charge on any atom is 0.416 e. The number of benzene rings is 2. The number of amides is 1. The summed E-state index contributed by atoms with van der Waals surface area (Å²) in [6.45, 7) is 1.74. The van der Waals surface area contributed by atoms with E-state index in [1.54, 1.807) is 24.3 Å². The fourth-order valence-electron chi connectivity index (χ4n) is 3.07. The maximum atomic E-state index is 13.2. The van der Waals surface area contributed by atoms with Gasteiger partial charge in [0, 0.05) is 20.0 Å². The van der Waals surface area contributed by atoms with Gasteiger partial charge in [-0.3, -0.25) is 4.79 Å². The molecule has 3 rings (SSSR count). The molecule has 0 saturated carbocycles. The van der Waals surface area contributed by atoms with Gasteiger partial charge in [-0.05, 0) is 30.2 Å². The van der Waals surface area contributed by atoms with Crippen molar-refractivity contribution in [3.63, 3.8) is 0 Å². The third-order valence-electron chi connectivity index (χ3n) is 4.50. The predicted molar refractivity (Wildman–Crippen MR) is 108 cm³/mol. The Kier molecular flexibility index (Phi) is 6.45. The van der Waals surface area contributed by atoms with Crippen LogP contribution in [0.15, 0.2) is 48.5 Å². The van der Waals surface area contributed by atoms with Gasteiger partial charge in [-0.25, -0.2) is 9.67 Å². The van der Waals surface area contributed by atoms with E-state index in [1.807, 2.05) is 6.92 Å². The second kappa shape index (κ2) is 8.87. The Morgan fingerprint density at radius 3 is 2.47 bits per heavy atom. The Bertz CT molecular complexity index is 1050. The second-order valence-corrected chi connectivity index (χ2v) is 7.19. The molecule has 0 N–H and O–H groups in total. The van der Waals surface area contributed by atoms with E-state index in [4.69, 9.17) is 11.6 Å². The lowest BCUT2D eigenvalue weighted by atomic mass is 10.1. The van der Waals surface area contributed by atoms with Gasteiger partial charge in [0.15, 0.2) is 0 Å². The molecule has 0 bridgehead atoms. The number of hydrogen-bond donors (Lipinski definition) is 0. The van der Waals surface area contributed by atoms with Crippen molar-refractivity contribution in [2.75, 3.05) is 7.05 Å². The molecule has 1 heterocycles. The first kappa shape index (κ1) is 21.8. The van der Waals surface area contributed by atoms with Crippen LogP contribution >= 0.6 is 11.6 Å². The summed E-state index contributed by atoms with van der Waals surface area (Å²) in [7, 11) is 1.42. The standard InChI is InChI=1S/C21H20ClF3N4O/c1-3-8-18-26-19(27-29(18)17-12-7-6-11-16(17)22)20(30)28(2)13-14-9-4-5-10-15(14)21(23,24)25/h4-7,9-12H,3,8,13H2,1-2H3. The highest BCUT2D eigenvalue weighted by Gasteiger charge is 2.33. The average Bonchev–Trinajstić information content (AvgIpc) is 3.11. The number of hydrogen-bond acceptors (Lipinski definition) is 3. The molecular weight excluding hydrogens is 417 g/mol. The van der Waals surface area contributed by atoms with Gasteiger partial charge in [-0.1, -0.05) is 48.9 Å². The normalized spacial score (nSPS) is 11.5. The van der Waals surface area contributed by atoms with E-state index in [2.05, 4.69) is 10.1 Å². The molecule has 3 aromatic rings. The number of rotatable bonds is 6. The van der Waals surface area contributed by atoms with E-state index in [1.165, 1.54) is 34.8 Å². The summed E-state index contributed by atoms with van der Waals surface area (Å²) < 4.78 is 41.2. The molecule has 30 heavy (non-hydrogen) atoms. The molecule has 5 nitrogen and oxygen atoms in total. The third-order valence-corrected chi connectivity index (χ3v) is 4.82. The largest absolute Gasteiger partial charge is 0.416 e. The van der Waals surface area contributed by atoms with Gasteiger partial charge in [0.25, 0.3) is 5.91 Å². The number of nitrogens with zero attached hydrogens (tertiary/aromatic N) is 4. The van der Waals surface area contributed by atoms with Gasteiger partial charge in [0.05, 0.1) is 16.3 Å². The van der Waals surface area contributed by atoms with Crippen LogP contribution in [-0.2, 0) is 19.1 Å². The highest BCUT2D eigenvalue weighted by atomic mass is 35.5. The van der Waals surface area contributed by atoms with E-state index >= 15 is 0 Å². The van der Waals surface area contributed by atoms with Gasteiger partial charge in [0.1, 0.15) is 5.82 Å². The van der Waals surface area contributed by atoms with Crippen LogP contribution < -0.4 is 0 Å². The van der Waals surface area contributed by atoms with Crippen molar-refractivity contribution in [1.82, 2.24) is 19.7 Å². The van der Waals surface area contributed by atoms with Gasteiger partial charge in [-0.2, -0.15) is 13.2 Å². The van der Waals surface area contributed by atoms with Gasteiger partial charge in [-0.15, -0.1) is 5.10 Å². The third kappa shape index (κ3) is 4.64. The number of carbonyl (C=O) groups is 1. The minimum atomic E-state index is -4.50. The summed E-state index contributed by atoms with van der Waals surface area (Å²) in [6, 6.07) is 12.2. The highest BCUT2D eigenvalue weighted by molar-refractivity contribution is 6.32. The molecule has 0 radical (unpaired) electrons. The molecule has 0 unspecified atom stereocenters. The number of carbonyl (C=O) groups excluding carboxylic acids is 1. The van der Waals surface area contributed by atoms with Crippen LogP contribution in [-0.4, -0.2) is 32.6 Å². The number of aryl methyl sites for hydroxylation is 1. The molecule has 0 atom stereocenters. The first-order valence-electron chi connectivity index (χ1n) is 9.33. The second-order valence-electron chi connectivity index (χ2n) is 6.78. The molecule has 0 saturated heterocycles. The van der Waals surface area contributed by atoms with Crippen LogP contribution in [0, 0.1) is 0 Å². The number of aromatic nitrogens is 3.